The van der Waals surface area contributed by atoms with Crippen LogP contribution in [0.3, 0.4) is 0 Å². The number of methoxy groups -OCH3 is 1. The second-order valence-electron chi connectivity index (χ2n) is 4.34. The Morgan fingerprint density at radius 3 is 2.65 bits per heavy atom. The van der Waals surface area contributed by atoms with Gasteiger partial charge in [-0.1, -0.05) is 12.1 Å². The van der Waals surface area contributed by atoms with Crippen LogP contribution < -0.4 is 10.5 Å². The largest absolute Gasteiger partial charge is 0.497 e. The zero-order valence-corrected chi connectivity index (χ0v) is 12.0. The number of hydrogen-bond donors (Lipinski definition) is 1. The van der Waals surface area contributed by atoms with Gasteiger partial charge in [0.05, 0.1) is 23.7 Å². The lowest BCUT2D eigenvalue weighted by molar-refractivity contribution is 0.413. The van der Waals surface area contributed by atoms with Crippen LogP contribution in [0.2, 0.25) is 0 Å². The van der Waals surface area contributed by atoms with Crippen molar-refractivity contribution in [2.45, 2.75) is 17.2 Å². The molecule has 1 unspecified atom stereocenters. The zero-order chi connectivity index (χ0) is 14.5. The van der Waals surface area contributed by atoms with E-state index in [0.717, 1.165) is 0 Å². The first-order valence-electron chi connectivity index (χ1n) is 6.13. The van der Waals surface area contributed by atoms with E-state index in [4.69, 9.17) is 10.5 Å². The monoisotopic (exact) mass is 293 g/mol. The van der Waals surface area contributed by atoms with E-state index in [2.05, 4.69) is 0 Å². The Kier molecular flexibility index (Phi) is 4.87. The van der Waals surface area contributed by atoms with Crippen molar-refractivity contribution in [2.24, 2.45) is 5.73 Å². The van der Waals surface area contributed by atoms with Crippen molar-refractivity contribution >= 4 is 10.8 Å². The molecule has 0 aliphatic carbocycles. The van der Waals surface area contributed by atoms with Crippen LogP contribution in [0.4, 0.5) is 4.39 Å². The number of hydrogen-bond acceptors (Lipinski definition) is 3. The molecule has 0 aromatic heterocycles. The highest BCUT2D eigenvalue weighted by atomic mass is 32.2. The van der Waals surface area contributed by atoms with E-state index in [-0.39, 0.29) is 18.1 Å². The highest BCUT2D eigenvalue weighted by molar-refractivity contribution is 7.84. The summed E-state index contributed by atoms with van der Waals surface area (Å²) in [6.45, 7) is 0.260. The van der Waals surface area contributed by atoms with Gasteiger partial charge >= 0.3 is 0 Å². The topological polar surface area (TPSA) is 52.3 Å². The molecule has 0 saturated heterocycles. The summed E-state index contributed by atoms with van der Waals surface area (Å²) in [6, 6.07) is 11.6. The maximum absolute atomic E-state index is 13.4. The maximum atomic E-state index is 13.4. The molecule has 1 atom stereocenters. The van der Waals surface area contributed by atoms with Gasteiger partial charge in [-0.05, 0) is 41.5 Å². The number of rotatable bonds is 5. The van der Waals surface area contributed by atoms with Crippen LogP contribution in [0.5, 0.6) is 5.75 Å². The average Bonchev–Trinajstić information content (AvgIpc) is 2.46. The summed E-state index contributed by atoms with van der Waals surface area (Å²) in [7, 11) is 0.305. The minimum Gasteiger partial charge on any atom is -0.497 e. The van der Waals surface area contributed by atoms with Gasteiger partial charge in [0.15, 0.2) is 0 Å². The van der Waals surface area contributed by atoms with Crippen molar-refractivity contribution in [2.75, 3.05) is 7.11 Å². The summed E-state index contributed by atoms with van der Waals surface area (Å²) in [5.74, 6) is 0.543. The molecule has 0 spiro atoms. The normalized spacial score (nSPS) is 12.2. The van der Waals surface area contributed by atoms with Crippen molar-refractivity contribution in [1.29, 1.82) is 0 Å². The molecule has 0 radical (unpaired) electrons. The predicted molar refractivity (Wildman–Crippen MR) is 77.4 cm³/mol. The van der Waals surface area contributed by atoms with E-state index in [9.17, 15) is 8.60 Å². The number of benzene rings is 2. The molecule has 0 saturated carbocycles. The van der Waals surface area contributed by atoms with Gasteiger partial charge < -0.3 is 10.5 Å². The van der Waals surface area contributed by atoms with Crippen LogP contribution in [0.25, 0.3) is 0 Å². The summed E-state index contributed by atoms with van der Waals surface area (Å²) in [4.78, 5) is 0.655. The maximum Gasteiger partial charge on any atom is 0.123 e. The van der Waals surface area contributed by atoms with Gasteiger partial charge in [0.1, 0.15) is 11.6 Å². The van der Waals surface area contributed by atoms with Gasteiger partial charge in [-0.15, -0.1) is 0 Å². The van der Waals surface area contributed by atoms with Crippen LogP contribution in [-0.4, -0.2) is 11.3 Å². The molecule has 0 bridgehead atoms. The molecule has 3 nitrogen and oxygen atoms in total. The van der Waals surface area contributed by atoms with Gasteiger partial charge in [-0.2, -0.15) is 0 Å². The summed E-state index contributed by atoms with van der Waals surface area (Å²) < 4.78 is 30.8. The Labute approximate surface area is 120 Å². The molecular formula is C15H16FNO2S. The number of halogens is 1. The Balaban J connectivity index is 2.20. The van der Waals surface area contributed by atoms with Crippen molar-refractivity contribution < 1.29 is 13.3 Å². The molecule has 2 rings (SSSR count). The molecule has 0 aliphatic rings. The first kappa shape index (κ1) is 14.7. The molecule has 0 fully saturated rings. The van der Waals surface area contributed by atoms with Gasteiger partial charge in [0.25, 0.3) is 0 Å². The molecule has 0 heterocycles. The molecule has 0 aliphatic heterocycles. The predicted octanol–water partition coefficient (Wildman–Crippen LogP) is 2.60. The Hall–Kier alpha value is -1.72. The lowest BCUT2D eigenvalue weighted by Gasteiger charge is -2.07. The van der Waals surface area contributed by atoms with E-state index < -0.39 is 10.8 Å². The number of nitrogens with two attached hydrogens (primary N) is 1. The fourth-order valence-corrected chi connectivity index (χ4v) is 3.01. The van der Waals surface area contributed by atoms with E-state index in [1.807, 2.05) is 0 Å². The van der Waals surface area contributed by atoms with Gasteiger partial charge in [-0.25, -0.2) is 4.39 Å². The first-order chi connectivity index (χ1) is 9.62. The average molecular weight is 293 g/mol. The molecule has 106 valence electrons. The van der Waals surface area contributed by atoms with Crippen molar-refractivity contribution in [3.63, 3.8) is 0 Å². The summed E-state index contributed by atoms with van der Waals surface area (Å²) in [6.07, 6.45) is 0. The minimum absolute atomic E-state index is 0.248. The third-order valence-electron chi connectivity index (χ3n) is 2.85. The van der Waals surface area contributed by atoms with E-state index >= 15 is 0 Å². The quantitative estimate of drug-likeness (QED) is 0.922. The molecule has 2 N–H and O–H groups in total. The third-order valence-corrected chi connectivity index (χ3v) is 4.23. The SMILES string of the molecule is COc1cccc(S(=O)Cc2cc(F)cc(CN)c2)c1. The fraction of sp³-hybridized carbons (Fsp3) is 0.200. The second kappa shape index (κ2) is 6.63. The highest BCUT2D eigenvalue weighted by Gasteiger charge is 2.08. The molecule has 2 aromatic carbocycles. The third kappa shape index (κ3) is 3.65. The van der Waals surface area contributed by atoms with Crippen LogP contribution in [0, 0.1) is 5.82 Å². The number of ether oxygens (including phenoxy) is 1. The fourth-order valence-electron chi connectivity index (χ4n) is 1.90. The van der Waals surface area contributed by atoms with Crippen molar-refractivity contribution in [3.8, 4) is 5.75 Å². The van der Waals surface area contributed by atoms with Crippen molar-refractivity contribution in [3.05, 3.63) is 59.4 Å². The summed E-state index contributed by atoms with van der Waals surface area (Å²) >= 11 is 0. The van der Waals surface area contributed by atoms with E-state index in [1.54, 1.807) is 37.4 Å². The van der Waals surface area contributed by atoms with Crippen LogP contribution in [-0.2, 0) is 23.1 Å². The summed E-state index contributed by atoms with van der Waals surface area (Å²) in [5.41, 5.74) is 6.88. The first-order valence-corrected chi connectivity index (χ1v) is 7.45. The van der Waals surface area contributed by atoms with Crippen LogP contribution >= 0.6 is 0 Å². The Morgan fingerprint density at radius 1 is 1.20 bits per heavy atom. The van der Waals surface area contributed by atoms with E-state index in [0.29, 0.717) is 21.8 Å². The van der Waals surface area contributed by atoms with Gasteiger partial charge in [0.2, 0.25) is 0 Å². The molecule has 2 aromatic rings. The second-order valence-corrected chi connectivity index (χ2v) is 5.79. The standard InChI is InChI=1S/C15H16FNO2S/c1-19-14-3-2-4-15(8-14)20(18)10-12-5-11(9-17)6-13(16)7-12/h2-8H,9-10,17H2,1H3. The van der Waals surface area contributed by atoms with Gasteiger partial charge in [-0.3, -0.25) is 4.21 Å². The molecule has 20 heavy (non-hydrogen) atoms. The zero-order valence-electron chi connectivity index (χ0n) is 11.1. The Bertz CT molecular complexity index is 631. The Morgan fingerprint density at radius 2 is 1.95 bits per heavy atom. The molecule has 5 heteroatoms. The van der Waals surface area contributed by atoms with E-state index in [1.165, 1.54) is 12.1 Å². The molecule has 0 amide bonds. The summed E-state index contributed by atoms with van der Waals surface area (Å²) in [5, 5.41) is 0. The van der Waals surface area contributed by atoms with Gasteiger partial charge in [0, 0.05) is 11.4 Å². The minimum atomic E-state index is -1.25. The van der Waals surface area contributed by atoms with Crippen LogP contribution in [0.15, 0.2) is 47.4 Å². The smallest absolute Gasteiger partial charge is 0.123 e. The lowest BCUT2D eigenvalue weighted by Crippen LogP contribution is -2.01. The lowest BCUT2D eigenvalue weighted by atomic mass is 10.1. The van der Waals surface area contributed by atoms with Crippen molar-refractivity contribution in [1.82, 2.24) is 0 Å². The van der Waals surface area contributed by atoms with Crippen LogP contribution in [0.1, 0.15) is 11.1 Å². The highest BCUT2D eigenvalue weighted by Crippen LogP contribution is 2.19. The molecular weight excluding hydrogens is 277 g/mol.